The highest BCUT2D eigenvalue weighted by atomic mass is 32.1. The first-order valence-corrected chi connectivity index (χ1v) is 9.82. The molecule has 0 bridgehead atoms. The first-order chi connectivity index (χ1) is 12.3. The SMILES string of the molecule is CN(Cc1ccc(C(C)(C)C)cc1)C(=O)CCc1nc2ccccc2s1. The molecule has 0 saturated heterocycles. The van der Waals surface area contributed by atoms with Gasteiger partial charge in [0.1, 0.15) is 0 Å². The number of thiazole rings is 1. The number of fused-ring (bicyclic) bond motifs is 1. The molecule has 0 unspecified atom stereocenters. The molecule has 1 amide bonds. The largest absolute Gasteiger partial charge is 0.341 e. The van der Waals surface area contributed by atoms with E-state index in [1.54, 1.807) is 16.2 Å². The quantitative estimate of drug-likeness (QED) is 0.623. The highest BCUT2D eigenvalue weighted by Gasteiger charge is 2.14. The zero-order valence-electron chi connectivity index (χ0n) is 16.0. The van der Waals surface area contributed by atoms with E-state index in [0.29, 0.717) is 19.4 Å². The van der Waals surface area contributed by atoms with Crippen LogP contribution in [0.25, 0.3) is 10.2 Å². The van der Waals surface area contributed by atoms with Gasteiger partial charge in [-0.3, -0.25) is 4.79 Å². The van der Waals surface area contributed by atoms with E-state index in [1.165, 1.54) is 10.3 Å². The van der Waals surface area contributed by atoms with Crippen LogP contribution in [0.5, 0.6) is 0 Å². The van der Waals surface area contributed by atoms with Crippen LogP contribution in [0.4, 0.5) is 0 Å². The predicted octanol–water partition coefficient (Wildman–Crippen LogP) is 5.19. The lowest BCUT2D eigenvalue weighted by molar-refractivity contribution is -0.130. The van der Waals surface area contributed by atoms with Gasteiger partial charge in [0.15, 0.2) is 0 Å². The summed E-state index contributed by atoms with van der Waals surface area (Å²) >= 11 is 1.68. The van der Waals surface area contributed by atoms with Gasteiger partial charge in [0, 0.05) is 26.4 Å². The standard InChI is InChI=1S/C22H26N2OS/c1-22(2,3)17-11-9-16(10-12-17)15-24(4)21(25)14-13-20-23-18-7-5-6-8-19(18)26-20/h5-12H,13-15H2,1-4H3. The first-order valence-electron chi connectivity index (χ1n) is 9.01. The molecule has 2 aromatic carbocycles. The van der Waals surface area contributed by atoms with Crippen molar-refractivity contribution in [3.63, 3.8) is 0 Å². The van der Waals surface area contributed by atoms with Crippen LogP contribution in [0.3, 0.4) is 0 Å². The molecule has 0 radical (unpaired) electrons. The van der Waals surface area contributed by atoms with Crippen molar-refractivity contribution in [3.8, 4) is 0 Å². The average molecular weight is 367 g/mol. The number of rotatable bonds is 5. The smallest absolute Gasteiger partial charge is 0.223 e. The Morgan fingerprint density at radius 2 is 1.77 bits per heavy atom. The Morgan fingerprint density at radius 1 is 1.08 bits per heavy atom. The normalized spacial score (nSPS) is 11.7. The highest BCUT2D eigenvalue weighted by molar-refractivity contribution is 7.18. The maximum Gasteiger partial charge on any atom is 0.223 e. The van der Waals surface area contributed by atoms with Crippen LogP contribution in [0.15, 0.2) is 48.5 Å². The van der Waals surface area contributed by atoms with Gasteiger partial charge in [-0.05, 0) is 28.7 Å². The Hall–Kier alpha value is -2.20. The van der Waals surface area contributed by atoms with Gasteiger partial charge in [0.2, 0.25) is 5.91 Å². The zero-order chi connectivity index (χ0) is 18.7. The third-order valence-corrected chi connectivity index (χ3v) is 5.65. The van der Waals surface area contributed by atoms with E-state index in [2.05, 4.69) is 56.1 Å². The van der Waals surface area contributed by atoms with Gasteiger partial charge in [-0.25, -0.2) is 4.98 Å². The molecule has 0 spiro atoms. The average Bonchev–Trinajstić information content (AvgIpc) is 3.02. The second-order valence-electron chi connectivity index (χ2n) is 7.77. The molecule has 0 aliphatic carbocycles. The van der Waals surface area contributed by atoms with Crippen molar-refractivity contribution in [1.29, 1.82) is 0 Å². The van der Waals surface area contributed by atoms with Gasteiger partial charge in [-0.1, -0.05) is 57.2 Å². The Labute approximate surface area is 159 Å². The van der Waals surface area contributed by atoms with E-state index >= 15 is 0 Å². The van der Waals surface area contributed by atoms with Gasteiger partial charge < -0.3 is 4.90 Å². The number of nitrogens with zero attached hydrogens (tertiary/aromatic N) is 2. The summed E-state index contributed by atoms with van der Waals surface area (Å²) in [7, 11) is 1.87. The van der Waals surface area contributed by atoms with Crippen LogP contribution in [0, 0.1) is 0 Å². The second kappa shape index (κ2) is 7.58. The van der Waals surface area contributed by atoms with Gasteiger partial charge in [-0.15, -0.1) is 11.3 Å². The van der Waals surface area contributed by atoms with Crippen molar-refractivity contribution in [1.82, 2.24) is 9.88 Å². The molecule has 0 aliphatic heterocycles. The summed E-state index contributed by atoms with van der Waals surface area (Å²) in [5.41, 5.74) is 3.64. The van der Waals surface area contributed by atoms with Crippen molar-refractivity contribution < 1.29 is 4.79 Å². The molecule has 26 heavy (non-hydrogen) atoms. The summed E-state index contributed by atoms with van der Waals surface area (Å²) in [6.07, 6.45) is 1.20. The fraction of sp³-hybridized carbons (Fsp3) is 0.364. The number of para-hydroxylation sites is 1. The summed E-state index contributed by atoms with van der Waals surface area (Å²) in [4.78, 5) is 18.9. The molecule has 0 atom stereocenters. The number of carbonyl (C=O) groups is 1. The fourth-order valence-corrected chi connectivity index (χ4v) is 3.87. The first kappa shape index (κ1) is 18.6. The maximum atomic E-state index is 12.5. The topological polar surface area (TPSA) is 33.2 Å². The molecule has 0 fully saturated rings. The van der Waals surface area contributed by atoms with Crippen molar-refractivity contribution in [2.24, 2.45) is 0 Å². The van der Waals surface area contributed by atoms with E-state index in [1.807, 2.05) is 25.2 Å². The van der Waals surface area contributed by atoms with Crippen molar-refractivity contribution in [3.05, 3.63) is 64.7 Å². The van der Waals surface area contributed by atoms with E-state index in [9.17, 15) is 4.79 Å². The molecule has 4 heteroatoms. The third-order valence-electron chi connectivity index (χ3n) is 4.56. The number of benzene rings is 2. The molecule has 0 aliphatic rings. The van der Waals surface area contributed by atoms with Crippen LogP contribution in [0.2, 0.25) is 0 Å². The van der Waals surface area contributed by atoms with Crippen LogP contribution in [-0.4, -0.2) is 22.8 Å². The van der Waals surface area contributed by atoms with Gasteiger partial charge in [0.05, 0.1) is 15.2 Å². The summed E-state index contributed by atoms with van der Waals surface area (Å²) in [6, 6.07) is 16.7. The monoisotopic (exact) mass is 366 g/mol. The number of hydrogen-bond acceptors (Lipinski definition) is 3. The number of aromatic nitrogens is 1. The van der Waals surface area contributed by atoms with Crippen molar-refractivity contribution in [2.45, 2.75) is 45.6 Å². The predicted molar refractivity (Wildman–Crippen MR) is 110 cm³/mol. The molecule has 0 N–H and O–H groups in total. The highest BCUT2D eigenvalue weighted by Crippen LogP contribution is 2.24. The molecule has 3 nitrogen and oxygen atoms in total. The number of hydrogen-bond donors (Lipinski definition) is 0. The van der Waals surface area contributed by atoms with Gasteiger partial charge >= 0.3 is 0 Å². The van der Waals surface area contributed by atoms with E-state index in [4.69, 9.17) is 0 Å². The Bertz CT molecular complexity index is 857. The third kappa shape index (κ3) is 4.50. The lowest BCUT2D eigenvalue weighted by Gasteiger charge is -2.21. The molecular weight excluding hydrogens is 340 g/mol. The second-order valence-corrected chi connectivity index (χ2v) is 8.89. The van der Waals surface area contributed by atoms with Crippen molar-refractivity contribution in [2.75, 3.05) is 7.05 Å². The van der Waals surface area contributed by atoms with Crippen LogP contribution >= 0.6 is 11.3 Å². The maximum absolute atomic E-state index is 12.5. The van der Waals surface area contributed by atoms with Crippen LogP contribution in [0.1, 0.15) is 43.3 Å². The van der Waals surface area contributed by atoms with Crippen LogP contribution < -0.4 is 0 Å². The summed E-state index contributed by atoms with van der Waals surface area (Å²) in [6.45, 7) is 7.27. The molecular formula is C22H26N2OS. The van der Waals surface area contributed by atoms with Crippen molar-refractivity contribution >= 4 is 27.5 Å². The summed E-state index contributed by atoms with van der Waals surface area (Å²) in [5.74, 6) is 0.157. The van der Waals surface area contributed by atoms with E-state index in [0.717, 1.165) is 16.1 Å². The molecule has 3 rings (SSSR count). The summed E-state index contributed by atoms with van der Waals surface area (Å²) in [5, 5.41) is 1.03. The number of carbonyl (C=O) groups excluding carboxylic acids is 1. The lowest BCUT2D eigenvalue weighted by Crippen LogP contribution is -2.26. The minimum absolute atomic E-state index is 0.150. The van der Waals surface area contributed by atoms with E-state index in [-0.39, 0.29) is 11.3 Å². The number of amides is 1. The van der Waals surface area contributed by atoms with Crippen LogP contribution in [-0.2, 0) is 23.2 Å². The van der Waals surface area contributed by atoms with E-state index < -0.39 is 0 Å². The Kier molecular flexibility index (Phi) is 5.42. The number of aryl methyl sites for hydroxylation is 1. The molecule has 136 valence electrons. The van der Waals surface area contributed by atoms with Gasteiger partial charge in [0.25, 0.3) is 0 Å². The molecule has 0 saturated carbocycles. The fourth-order valence-electron chi connectivity index (χ4n) is 2.90. The molecule has 1 heterocycles. The Balaban J connectivity index is 1.55. The molecule has 3 aromatic rings. The zero-order valence-corrected chi connectivity index (χ0v) is 16.8. The summed E-state index contributed by atoms with van der Waals surface area (Å²) < 4.78 is 1.18. The Morgan fingerprint density at radius 3 is 2.42 bits per heavy atom. The lowest BCUT2D eigenvalue weighted by atomic mass is 9.87. The minimum Gasteiger partial charge on any atom is -0.341 e. The molecule has 1 aromatic heterocycles. The van der Waals surface area contributed by atoms with Gasteiger partial charge in [-0.2, -0.15) is 0 Å². The minimum atomic E-state index is 0.150.